The van der Waals surface area contributed by atoms with E-state index in [0.29, 0.717) is 55.7 Å². The molecule has 0 radical (unpaired) electrons. The molecule has 3 aromatic rings. The second kappa shape index (κ2) is 11.5. The van der Waals surface area contributed by atoms with Crippen molar-refractivity contribution in [2.45, 2.75) is 31.8 Å². The summed E-state index contributed by atoms with van der Waals surface area (Å²) >= 11 is 0. The van der Waals surface area contributed by atoms with E-state index in [1.165, 1.54) is 7.11 Å². The summed E-state index contributed by atoms with van der Waals surface area (Å²) in [6.45, 7) is 1.72. The molecule has 38 heavy (non-hydrogen) atoms. The second-order valence-electron chi connectivity index (χ2n) is 9.57. The number of carboxylic acid groups (broad SMARTS) is 1. The number of benzene rings is 2. The predicted octanol–water partition coefficient (Wildman–Crippen LogP) is 4.89. The van der Waals surface area contributed by atoms with Gasteiger partial charge in [-0.15, -0.1) is 0 Å². The van der Waals surface area contributed by atoms with Gasteiger partial charge in [-0.2, -0.15) is 0 Å². The zero-order valence-corrected chi connectivity index (χ0v) is 20.8. The number of rotatable bonds is 10. The number of fused-ring (bicyclic) bond motifs is 1. The first kappa shape index (κ1) is 27.6. The number of pyridine rings is 1. The van der Waals surface area contributed by atoms with E-state index in [-0.39, 0.29) is 24.1 Å². The predicted molar refractivity (Wildman–Crippen MR) is 133 cm³/mol. The molecular weight excluding hydrogens is 506 g/mol. The topological polar surface area (TPSA) is 94.9 Å². The summed E-state index contributed by atoms with van der Waals surface area (Å²) in [6.07, 6.45) is 0.647. The number of piperidine rings is 1. The highest BCUT2D eigenvalue weighted by atomic mass is 19.2. The molecule has 11 heteroatoms. The minimum atomic E-state index is -1.53. The van der Waals surface area contributed by atoms with Gasteiger partial charge in [0, 0.05) is 41.9 Å². The largest absolute Gasteiger partial charge is 0.497 e. The van der Waals surface area contributed by atoms with E-state index >= 15 is 0 Å². The third-order valence-electron chi connectivity index (χ3n) is 7.31. The minimum Gasteiger partial charge on any atom is -0.497 e. The number of aliphatic carboxylic acids is 1. The summed E-state index contributed by atoms with van der Waals surface area (Å²) in [5.41, 5.74) is -0.417. The zero-order valence-electron chi connectivity index (χ0n) is 20.8. The van der Waals surface area contributed by atoms with Gasteiger partial charge in [-0.1, -0.05) is 0 Å². The molecule has 1 fully saturated rings. The Morgan fingerprint density at radius 2 is 1.82 bits per heavy atom. The van der Waals surface area contributed by atoms with Crippen LogP contribution in [0.25, 0.3) is 10.9 Å². The normalized spacial score (nSPS) is 16.4. The number of aliphatic hydroxyl groups is 1. The number of halogens is 4. The molecule has 0 aliphatic carbocycles. The number of aromatic nitrogens is 1. The molecule has 2 heterocycles. The molecule has 2 aromatic carbocycles. The number of likely N-dealkylation sites (tertiary alicyclic amines) is 1. The Hall–Kier alpha value is -3.44. The van der Waals surface area contributed by atoms with Crippen molar-refractivity contribution < 1.29 is 37.3 Å². The van der Waals surface area contributed by atoms with Crippen LogP contribution in [0.5, 0.6) is 5.75 Å². The van der Waals surface area contributed by atoms with Gasteiger partial charge in [-0.3, -0.25) is 9.78 Å². The number of carbonyl (C=O) groups is 1. The Morgan fingerprint density at radius 3 is 2.45 bits per heavy atom. The molecule has 1 atom stereocenters. The number of aliphatic hydroxyl groups excluding tert-OH is 1. The SMILES string of the molecule is COc1ccc2ncc(F)c([C@@H](O)CCC3(C(=O)O)CCN(CCNc4cc(F)c(F)c(F)c4)CC3)c2c1. The lowest BCUT2D eigenvalue weighted by Crippen LogP contribution is -2.45. The highest BCUT2D eigenvalue weighted by Crippen LogP contribution is 2.40. The number of ether oxygens (including phenoxy) is 1. The Kier molecular flexibility index (Phi) is 8.37. The molecule has 0 bridgehead atoms. The van der Waals surface area contributed by atoms with E-state index in [1.807, 2.05) is 4.90 Å². The van der Waals surface area contributed by atoms with Gasteiger partial charge in [0.25, 0.3) is 0 Å². The van der Waals surface area contributed by atoms with Gasteiger partial charge < -0.3 is 25.2 Å². The van der Waals surface area contributed by atoms with Crippen LogP contribution in [0.15, 0.2) is 36.5 Å². The summed E-state index contributed by atoms with van der Waals surface area (Å²) < 4.78 is 59.8. The van der Waals surface area contributed by atoms with Crippen LogP contribution in [0.2, 0.25) is 0 Å². The van der Waals surface area contributed by atoms with E-state index in [0.717, 1.165) is 18.3 Å². The lowest BCUT2D eigenvalue weighted by Gasteiger charge is -2.39. The molecule has 3 N–H and O–H groups in total. The highest BCUT2D eigenvalue weighted by Gasteiger charge is 2.41. The Balaban J connectivity index is 1.36. The molecule has 0 amide bonds. The summed E-state index contributed by atoms with van der Waals surface area (Å²) in [5, 5.41) is 24.2. The summed E-state index contributed by atoms with van der Waals surface area (Å²) in [4.78, 5) is 18.3. The van der Waals surface area contributed by atoms with Gasteiger partial charge in [0.2, 0.25) is 0 Å². The molecule has 1 aromatic heterocycles. The average Bonchev–Trinajstić information content (AvgIpc) is 2.90. The number of hydrogen-bond acceptors (Lipinski definition) is 6. The molecule has 0 saturated carbocycles. The third-order valence-corrected chi connectivity index (χ3v) is 7.31. The minimum absolute atomic E-state index is 0.0444. The Morgan fingerprint density at radius 1 is 1.13 bits per heavy atom. The summed E-state index contributed by atoms with van der Waals surface area (Å²) in [7, 11) is 1.48. The fourth-order valence-electron chi connectivity index (χ4n) is 4.98. The first-order chi connectivity index (χ1) is 18.1. The van der Waals surface area contributed by atoms with Crippen molar-refractivity contribution in [1.82, 2.24) is 9.88 Å². The fraction of sp³-hybridized carbons (Fsp3) is 0.407. The van der Waals surface area contributed by atoms with Crippen LogP contribution in [0.1, 0.15) is 37.4 Å². The number of carboxylic acids is 1. The number of hydrogen-bond donors (Lipinski definition) is 3. The molecule has 0 spiro atoms. The van der Waals surface area contributed by atoms with Gasteiger partial charge in [-0.05, 0) is 57.0 Å². The van der Waals surface area contributed by atoms with Crippen LogP contribution >= 0.6 is 0 Å². The van der Waals surface area contributed by atoms with Crippen LogP contribution in [0, 0.1) is 28.7 Å². The van der Waals surface area contributed by atoms with Gasteiger partial charge in [-0.25, -0.2) is 17.6 Å². The Bertz CT molecular complexity index is 1290. The number of nitrogens with zero attached hydrogens (tertiary/aromatic N) is 2. The van der Waals surface area contributed by atoms with E-state index in [2.05, 4.69) is 10.3 Å². The van der Waals surface area contributed by atoms with Crippen molar-refractivity contribution in [2.24, 2.45) is 5.41 Å². The quantitative estimate of drug-likeness (QED) is 0.251. The monoisotopic (exact) mass is 535 g/mol. The van der Waals surface area contributed by atoms with E-state index in [9.17, 15) is 32.6 Å². The molecular formula is C27H29F4N3O4. The van der Waals surface area contributed by atoms with Crippen molar-refractivity contribution in [2.75, 3.05) is 38.6 Å². The molecule has 7 nitrogen and oxygen atoms in total. The number of methoxy groups -OCH3 is 1. The first-order valence-electron chi connectivity index (χ1n) is 12.3. The van der Waals surface area contributed by atoms with Crippen molar-refractivity contribution >= 4 is 22.6 Å². The van der Waals surface area contributed by atoms with Crippen LogP contribution in [-0.4, -0.2) is 59.4 Å². The van der Waals surface area contributed by atoms with Gasteiger partial charge in [0.15, 0.2) is 17.5 Å². The highest BCUT2D eigenvalue weighted by molar-refractivity contribution is 5.84. The molecule has 0 unspecified atom stereocenters. The lowest BCUT2D eigenvalue weighted by atomic mass is 9.74. The molecule has 204 valence electrons. The van der Waals surface area contributed by atoms with Crippen molar-refractivity contribution in [3.63, 3.8) is 0 Å². The van der Waals surface area contributed by atoms with Gasteiger partial charge >= 0.3 is 5.97 Å². The maximum absolute atomic E-state index is 14.7. The summed E-state index contributed by atoms with van der Waals surface area (Å²) in [6, 6.07) is 6.69. The van der Waals surface area contributed by atoms with Crippen LogP contribution in [0.4, 0.5) is 23.2 Å². The van der Waals surface area contributed by atoms with Crippen LogP contribution in [-0.2, 0) is 4.79 Å². The maximum atomic E-state index is 14.7. The van der Waals surface area contributed by atoms with Crippen LogP contribution in [0.3, 0.4) is 0 Å². The van der Waals surface area contributed by atoms with Gasteiger partial charge in [0.05, 0.1) is 30.3 Å². The average molecular weight is 536 g/mol. The van der Waals surface area contributed by atoms with Crippen molar-refractivity contribution in [3.05, 3.63) is 65.4 Å². The zero-order chi connectivity index (χ0) is 27.4. The third kappa shape index (κ3) is 5.83. The lowest BCUT2D eigenvalue weighted by molar-refractivity contribution is -0.153. The smallest absolute Gasteiger partial charge is 0.309 e. The van der Waals surface area contributed by atoms with E-state index < -0.39 is 40.8 Å². The van der Waals surface area contributed by atoms with Crippen LogP contribution < -0.4 is 10.1 Å². The summed E-state index contributed by atoms with van der Waals surface area (Å²) in [5.74, 6) is -5.25. The molecule has 1 saturated heterocycles. The number of anilines is 1. The first-order valence-corrected chi connectivity index (χ1v) is 12.3. The van der Waals surface area contributed by atoms with E-state index in [1.54, 1.807) is 18.2 Å². The Labute approximate surface area is 217 Å². The second-order valence-corrected chi connectivity index (χ2v) is 9.57. The molecule has 4 rings (SSSR count). The number of nitrogens with one attached hydrogen (secondary N) is 1. The fourth-order valence-corrected chi connectivity index (χ4v) is 4.98. The van der Waals surface area contributed by atoms with E-state index in [4.69, 9.17) is 4.74 Å². The molecule has 1 aliphatic rings. The maximum Gasteiger partial charge on any atom is 0.309 e. The van der Waals surface area contributed by atoms with Gasteiger partial charge in [0.1, 0.15) is 11.6 Å². The van der Waals surface area contributed by atoms with Crippen molar-refractivity contribution in [1.29, 1.82) is 0 Å². The van der Waals surface area contributed by atoms with Crippen molar-refractivity contribution in [3.8, 4) is 5.75 Å². The standard InChI is InChI=1S/C27H29F4N3O4/c1-38-17-2-3-22-18(14-17)24(21(30)15-33-22)23(35)4-5-27(26(36)37)6-9-34(10-7-27)11-8-32-16-12-19(28)25(31)20(29)13-16/h2-3,12-15,23,32,35H,4-11H2,1H3,(H,36,37)/t23-/m0/s1. The molecule has 1 aliphatic heterocycles.